The number of aromatic nitrogens is 1. The summed E-state index contributed by atoms with van der Waals surface area (Å²) in [5.74, 6) is -0.239. The van der Waals surface area contributed by atoms with E-state index in [4.69, 9.17) is 11.6 Å². The van der Waals surface area contributed by atoms with E-state index in [-0.39, 0.29) is 5.91 Å². The first kappa shape index (κ1) is 16.3. The molecule has 0 aliphatic carbocycles. The third-order valence-electron chi connectivity index (χ3n) is 3.62. The molecule has 0 fully saturated rings. The number of pyridine rings is 1. The standard InChI is InChI=1S/C17H20ClN3O/c1-4-21(5-2)13-9-10-16(19-11-13)17(22)20-15-8-6-7-14(18)12(15)3/h6-11H,4-5H2,1-3H3,(H,20,22). The van der Waals surface area contributed by atoms with Gasteiger partial charge < -0.3 is 10.2 Å². The average Bonchev–Trinajstić information content (AvgIpc) is 2.53. The molecule has 0 atom stereocenters. The summed E-state index contributed by atoms with van der Waals surface area (Å²) in [4.78, 5) is 18.7. The summed E-state index contributed by atoms with van der Waals surface area (Å²) in [6, 6.07) is 9.08. The van der Waals surface area contributed by atoms with E-state index in [0.717, 1.165) is 24.3 Å². The van der Waals surface area contributed by atoms with Gasteiger partial charge in [0.15, 0.2) is 0 Å². The van der Waals surface area contributed by atoms with Crippen molar-refractivity contribution in [3.8, 4) is 0 Å². The molecule has 1 amide bonds. The summed E-state index contributed by atoms with van der Waals surface area (Å²) in [5, 5.41) is 3.47. The molecule has 5 heteroatoms. The normalized spacial score (nSPS) is 10.4. The highest BCUT2D eigenvalue weighted by atomic mass is 35.5. The molecule has 0 aliphatic rings. The minimum Gasteiger partial charge on any atom is -0.371 e. The van der Waals surface area contributed by atoms with Gasteiger partial charge >= 0.3 is 0 Å². The molecular formula is C17H20ClN3O. The monoisotopic (exact) mass is 317 g/mol. The van der Waals surface area contributed by atoms with Gasteiger partial charge in [-0.2, -0.15) is 0 Å². The molecule has 0 bridgehead atoms. The molecule has 0 saturated heterocycles. The smallest absolute Gasteiger partial charge is 0.274 e. The topological polar surface area (TPSA) is 45.2 Å². The van der Waals surface area contributed by atoms with Crippen molar-refractivity contribution < 1.29 is 4.79 Å². The Morgan fingerprint density at radius 2 is 1.95 bits per heavy atom. The number of carbonyl (C=O) groups excluding carboxylic acids is 1. The van der Waals surface area contributed by atoms with Crippen LogP contribution < -0.4 is 10.2 Å². The molecule has 0 radical (unpaired) electrons. The summed E-state index contributed by atoms with van der Waals surface area (Å²) >= 11 is 6.06. The third-order valence-corrected chi connectivity index (χ3v) is 4.03. The minimum atomic E-state index is -0.239. The predicted molar refractivity (Wildman–Crippen MR) is 91.9 cm³/mol. The van der Waals surface area contributed by atoms with E-state index in [2.05, 4.69) is 29.0 Å². The van der Waals surface area contributed by atoms with Crippen molar-refractivity contribution in [1.82, 2.24) is 4.98 Å². The van der Waals surface area contributed by atoms with Crippen molar-refractivity contribution in [2.24, 2.45) is 0 Å². The summed E-state index contributed by atoms with van der Waals surface area (Å²) in [5.41, 5.74) is 2.94. The van der Waals surface area contributed by atoms with Crippen molar-refractivity contribution in [3.05, 3.63) is 52.8 Å². The Hall–Kier alpha value is -2.07. The Kier molecular flexibility index (Phi) is 5.39. The van der Waals surface area contributed by atoms with Crippen molar-refractivity contribution in [3.63, 3.8) is 0 Å². The summed E-state index contributed by atoms with van der Waals surface area (Å²) in [7, 11) is 0. The molecule has 4 nitrogen and oxygen atoms in total. The Labute approximate surface area is 136 Å². The van der Waals surface area contributed by atoms with Crippen LogP contribution in [0.2, 0.25) is 5.02 Å². The quantitative estimate of drug-likeness (QED) is 0.901. The lowest BCUT2D eigenvalue weighted by atomic mass is 10.2. The number of anilines is 2. The number of hydrogen-bond acceptors (Lipinski definition) is 3. The van der Waals surface area contributed by atoms with Crippen LogP contribution in [-0.4, -0.2) is 24.0 Å². The van der Waals surface area contributed by atoms with Crippen molar-refractivity contribution >= 4 is 28.9 Å². The van der Waals surface area contributed by atoms with E-state index in [9.17, 15) is 4.79 Å². The number of rotatable bonds is 5. The second-order valence-corrected chi connectivity index (χ2v) is 5.35. The molecule has 0 aliphatic heterocycles. The Bertz CT molecular complexity index is 651. The highest BCUT2D eigenvalue weighted by Crippen LogP contribution is 2.23. The highest BCUT2D eigenvalue weighted by molar-refractivity contribution is 6.31. The van der Waals surface area contributed by atoms with E-state index in [0.29, 0.717) is 16.4 Å². The number of carbonyl (C=O) groups is 1. The number of halogens is 1. The first-order chi connectivity index (χ1) is 10.6. The van der Waals surface area contributed by atoms with Gasteiger partial charge in [-0.3, -0.25) is 4.79 Å². The largest absolute Gasteiger partial charge is 0.371 e. The van der Waals surface area contributed by atoms with Crippen molar-refractivity contribution in [2.75, 3.05) is 23.3 Å². The fraction of sp³-hybridized carbons (Fsp3) is 0.294. The SMILES string of the molecule is CCN(CC)c1ccc(C(=O)Nc2cccc(Cl)c2C)nc1. The molecule has 22 heavy (non-hydrogen) atoms. The lowest BCUT2D eigenvalue weighted by molar-refractivity contribution is 0.102. The maximum atomic E-state index is 12.3. The third kappa shape index (κ3) is 3.57. The van der Waals surface area contributed by atoms with E-state index < -0.39 is 0 Å². The maximum Gasteiger partial charge on any atom is 0.274 e. The summed E-state index contributed by atoms with van der Waals surface area (Å²) in [6.45, 7) is 7.86. The Balaban J connectivity index is 2.15. The fourth-order valence-corrected chi connectivity index (χ4v) is 2.40. The Morgan fingerprint density at radius 3 is 2.55 bits per heavy atom. The number of nitrogens with zero attached hydrogens (tertiary/aromatic N) is 2. The lowest BCUT2D eigenvalue weighted by Gasteiger charge is -2.20. The zero-order valence-electron chi connectivity index (χ0n) is 13.1. The molecule has 0 unspecified atom stereocenters. The molecule has 1 heterocycles. The second-order valence-electron chi connectivity index (χ2n) is 4.94. The molecule has 116 valence electrons. The average molecular weight is 318 g/mol. The molecule has 0 saturated carbocycles. The Morgan fingerprint density at radius 1 is 1.23 bits per heavy atom. The van der Waals surface area contributed by atoms with Gasteiger partial charge in [-0.15, -0.1) is 0 Å². The zero-order valence-corrected chi connectivity index (χ0v) is 13.8. The molecule has 2 aromatic rings. The zero-order chi connectivity index (χ0) is 16.1. The second kappa shape index (κ2) is 7.27. The number of benzene rings is 1. The lowest BCUT2D eigenvalue weighted by Crippen LogP contribution is -2.22. The van der Waals surface area contributed by atoms with Crippen LogP contribution in [-0.2, 0) is 0 Å². The van der Waals surface area contributed by atoms with E-state index in [1.54, 1.807) is 18.3 Å². The van der Waals surface area contributed by atoms with E-state index in [1.807, 2.05) is 25.1 Å². The maximum absolute atomic E-state index is 12.3. The van der Waals surface area contributed by atoms with Crippen LogP contribution in [0.1, 0.15) is 29.9 Å². The van der Waals surface area contributed by atoms with Gasteiger partial charge in [-0.25, -0.2) is 4.98 Å². The highest BCUT2D eigenvalue weighted by Gasteiger charge is 2.11. The first-order valence-corrected chi connectivity index (χ1v) is 7.72. The van der Waals surface area contributed by atoms with Crippen LogP contribution in [0.5, 0.6) is 0 Å². The van der Waals surface area contributed by atoms with Crippen molar-refractivity contribution in [2.45, 2.75) is 20.8 Å². The first-order valence-electron chi connectivity index (χ1n) is 7.34. The van der Waals surface area contributed by atoms with Crippen LogP contribution in [0.15, 0.2) is 36.5 Å². The predicted octanol–water partition coefficient (Wildman–Crippen LogP) is 4.14. The molecule has 1 aromatic heterocycles. The number of hydrogen-bond donors (Lipinski definition) is 1. The van der Waals surface area contributed by atoms with Crippen LogP contribution in [0, 0.1) is 6.92 Å². The van der Waals surface area contributed by atoms with Crippen LogP contribution in [0.3, 0.4) is 0 Å². The summed E-state index contributed by atoms with van der Waals surface area (Å²) < 4.78 is 0. The minimum absolute atomic E-state index is 0.239. The van der Waals surface area contributed by atoms with Gasteiger partial charge in [0, 0.05) is 23.8 Å². The van der Waals surface area contributed by atoms with Gasteiger partial charge in [-0.1, -0.05) is 17.7 Å². The number of nitrogens with one attached hydrogen (secondary N) is 1. The number of amides is 1. The van der Waals surface area contributed by atoms with Gasteiger partial charge in [0.2, 0.25) is 0 Å². The molecule has 1 aromatic carbocycles. The van der Waals surface area contributed by atoms with Crippen LogP contribution in [0.25, 0.3) is 0 Å². The van der Waals surface area contributed by atoms with E-state index in [1.165, 1.54) is 0 Å². The van der Waals surface area contributed by atoms with Gasteiger partial charge in [-0.05, 0) is 50.6 Å². The van der Waals surface area contributed by atoms with Crippen molar-refractivity contribution in [1.29, 1.82) is 0 Å². The summed E-state index contributed by atoms with van der Waals surface area (Å²) in [6.07, 6.45) is 1.73. The van der Waals surface area contributed by atoms with Gasteiger partial charge in [0.1, 0.15) is 5.69 Å². The molecule has 0 spiro atoms. The molecule has 2 rings (SSSR count). The van der Waals surface area contributed by atoms with Gasteiger partial charge in [0.25, 0.3) is 5.91 Å². The molecule has 1 N–H and O–H groups in total. The van der Waals surface area contributed by atoms with Crippen LogP contribution >= 0.6 is 11.6 Å². The van der Waals surface area contributed by atoms with E-state index >= 15 is 0 Å². The molecular weight excluding hydrogens is 298 g/mol. The van der Waals surface area contributed by atoms with Crippen LogP contribution in [0.4, 0.5) is 11.4 Å². The fourth-order valence-electron chi connectivity index (χ4n) is 2.23. The van der Waals surface area contributed by atoms with Gasteiger partial charge in [0.05, 0.1) is 11.9 Å².